The summed E-state index contributed by atoms with van der Waals surface area (Å²) < 4.78 is 5.65. The van der Waals surface area contributed by atoms with Crippen LogP contribution in [0.5, 0.6) is 0 Å². The van der Waals surface area contributed by atoms with Crippen LogP contribution < -0.4 is 5.32 Å². The third kappa shape index (κ3) is 3.83. The highest BCUT2D eigenvalue weighted by Crippen LogP contribution is 2.37. The first kappa shape index (κ1) is 15.5. The molecule has 0 radical (unpaired) electrons. The molecule has 0 aliphatic heterocycles. The van der Waals surface area contributed by atoms with E-state index in [2.05, 4.69) is 57.4 Å². The fraction of sp³-hybridized carbons (Fsp3) is 0.667. The highest BCUT2D eigenvalue weighted by atomic mass is 16.5. The molecule has 0 heterocycles. The third-order valence-electron chi connectivity index (χ3n) is 4.52. The van der Waals surface area contributed by atoms with Crippen molar-refractivity contribution in [1.29, 1.82) is 0 Å². The molecule has 0 amide bonds. The number of nitrogens with one attached hydrogen (secondary N) is 1. The number of hydrogen-bond acceptors (Lipinski definition) is 2. The van der Waals surface area contributed by atoms with Crippen molar-refractivity contribution in [3.63, 3.8) is 0 Å². The molecule has 0 spiro atoms. The van der Waals surface area contributed by atoms with E-state index in [-0.39, 0.29) is 0 Å². The maximum absolute atomic E-state index is 5.65. The lowest BCUT2D eigenvalue weighted by Crippen LogP contribution is -2.34. The molecule has 1 aromatic carbocycles. The summed E-state index contributed by atoms with van der Waals surface area (Å²) in [5.41, 5.74) is 2.83. The topological polar surface area (TPSA) is 21.3 Å². The number of hydrogen-bond donors (Lipinski definition) is 1. The molecule has 1 N–H and O–H groups in total. The molecule has 2 heteroatoms. The first-order valence-corrected chi connectivity index (χ1v) is 8.02. The number of benzene rings is 1. The van der Waals surface area contributed by atoms with Crippen molar-refractivity contribution >= 4 is 0 Å². The Balaban J connectivity index is 1.88. The van der Waals surface area contributed by atoms with Gasteiger partial charge in [0.05, 0.1) is 6.10 Å². The minimum Gasteiger partial charge on any atom is -0.378 e. The maximum atomic E-state index is 5.65. The van der Waals surface area contributed by atoms with E-state index in [0.717, 1.165) is 12.5 Å². The molecular formula is C18H29NO. The summed E-state index contributed by atoms with van der Waals surface area (Å²) in [5.74, 6) is 1.42. The molecule has 2 rings (SSSR count). The second kappa shape index (κ2) is 7.24. The van der Waals surface area contributed by atoms with E-state index in [1.165, 1.54) is 30.4 Å². The largest absolute Gasteiger partial charge is 0.378 e. The fourth-order valence-corrected chi connectivity index (χ4v) is 3.11. The quantitative estimate of drug-likeness (QED) is 0.802. The molecule has 1 aliphatic carbocycles. The van der Waals surface area contributed by atoms with Crippen LogP contribution in [0.15, 0.2) is 24.3 Å². The Morgan fingerprint density at radius 1 is 1.15 bits per heavy atom. The van der Waals surface area contributed by atoms with Crippen LogP contribution in [0.1, 0.15) is 63.1 Å². The smallest absolute Gasteiger partial charge is 0.0580 e. The molecule has 2 nitrogen and oxygen atoms in total. The molecule has 20 heavy (non-hydrogen) atoms. The molecule has 0 bridgehead atoms. The standard InChI is InChI=1S/C18H29NO/c1-5-20-17-10-14(11-17)12-18(19-4)16-8-6-15(7-9-16)13(2)3/h6-9,13-14,17-19H,5,10-12H2,1-4H3. The van der Waals surface area contributed by atoms with E-state index in [4.69, 9.17) is 4.74 Å². The molecule has 1 aromatic rings. The lowest BCUT2D eigenvalue weighted by molar-refractivity contribution is -0.0289. The summed E-state index contributed by atoms with van der Waals surface area (Å²) in [4.78, 5) is 0. The molecule has 1 saturated carbocycles. The van der Waals surface area contributed by atoms with Gasteiger partial charge in [-0.2, -0.15) is 0 Å². The van der Waals surface area contributed by atoms with Gasteiger partial charge in [-0.1, -0.05) is 38.1 Å². The molecule has 1 aliphatic rings. The van der Waals surface area contributed by atoms with Crippen LogP contribution in [0.25, 0.3) is 0 Å². The highest BCUT2D eigenvalue weighted by molar-refractivity contribution is 5.27. The van der Waals surface area contributed by atoms with Crippen molar-refractivity contribution in [2.45, 2.75) is 58.1 Å². The minimum atomic E-state index is 0.476. The molecule has 0 aromatic heterocycles. The Bertz CT molecular complexity index is 392. The second-order valence-electron chi connectivity index (χ2n) is 6.31. The Kier molecular flexibility index (Phi) is 5.62. The van der Waals surface area contributed by atoms with Gasteiger partial charge in [0.15, 0.2) is 0 Å². The van der Waals surface area contributed by atoms with Gasteiger partial charge in [-0.05, 0) is 56.2 Å². The van der Waals surface area contributed by atoms with Gasteiger partial charge in [0.25, 0.3) is 0 Å². The molecule has 0 saturated heterocycles. The van der Waals surface area contributed by atoms with Crippen LogP contribution in [0.3, 0.4) is 0 Å². The predicted molar refractivity (Wildman–Crippen MR) is 85.1 cm³/mol. The Hall–Kier alpha value is -0.860. The van der Waals surface area contributed by atoms with Gasteiger partial charge in [0.2, 0.25) is 0 Å². The molecule has 112 valence electrons. The fourth-order valence-electron chi connectivity index (χ4n) is 3.11. The normalized spacial score (nSPS) is 23.6. The molecule has 1 fully saturated rings. The zero-order valence-electron chi connectivity index (χ0n) is 13.4. The predicted octanol–water partition coefficient (Wildman–Crippen LogP) is 4.28. The summed E-state index contributed by atoms with van der Waals surface area (Å²) in [6, 6.07) is 9.59. The highest BCUT2D eigenvalue weighted by Gasteiger charge is 2.31. The monoisotopic (exact) mass is 275 g/mol. The van der Waals surface area contributed by atoms with Gasteiger partial charge >= 0.3 is 0 Å². The van der Waals surface area contributed by atoms with Gasteiger partial charge in [-0.3, -0.25) is 0 Å². The van der Waals surface area contributed by atoms with Crippen molar-refractivity contribution in [1.82, 2.24) is 5.32 Å². The SMILES string of the molecule is CCOC1CC(CC(NC)c2ccc(C(C)C)cc2)C1. The lowest BCUT2D eigenvalue weighted by Gasteiger charge is -2.37. The van der Waals surface area contributed by atoms with Crippen molar-refractivity contribution in [2.24, 2.45) is 5.92 Å². The van der Waals surface area contributed by atoms with Crippen molar-refractivity contribution < 1.29 is 4.74 Å². The molecule has 1 atom stereocenters. The lowest BCUT2D eigenvalue weighted by atomic mass is 9.77. The Morgan fingerprint density at radius 2 is 1.75 bits per heavy atom. The summed E-state index contributed by atoms with van der Waals surface area (Å²) in [5, 5.41) is 3.47. The average Bonchev–Trinajstić information content (AvgIpc) is 2.41. The minimum absolute atomic E-state index is 0.476. The van der Waals surface area contributed by atoms with E-state index >= 15 is 0 Å². The zero-order valence-corrected chi connectivity index (χ0v) is 13.4. The van der Waals surface area contributed by atoms with Crippen LogP contribution in [0.4, 0.5) is 0 Å². The van der Waals surface area contributed by atoms with Crippen LogP contribution in [-0.2, 0) is 4.74 Å². The van der Waals surface area contributed by atoms with E-state index in [1.807, 2.05) is 0 Å². The van der Waals surface area contributed by atoms with Gasteiger partial charge in [-0.15, -0.1) is 0 Å². The summed E-state index contributed by atoms with van der Waals surface area (Å²) in [7, 11) is 2.07. The van der Waals surface area contributed by atoms with E-state index in [0.29, 0.717) is 18.1 Å². The van der Waals surface area contributed by atoms with Gasteiger partial charge in [-0.25, -0.2) is 0 Å². The first-order chi connectivity index (χ1) is 9.63. The maximum Gasteiger partial charge on any atom is 0.0580 e. The Labute approximate surface area is 123 Å². The van der Waals surface area contributed by atoms with Crippen LogP contribution >= 0.6 is 0 Å². The third-order valence-corrected chi connectivity index (χ3v) is 4.52. The van der Waals surface area contributed by atoms with E-state index < -0.39 is 0 Å². The average molecular weight is 275 g/mol. The number of ether oxygens (including phenoxy) is 1. The Morgan fingerprint density at radius 3 is 2.25 bits per heavy atom. The van der Waals surface area contributed by atoms with Crippen molar-refractivity contribution in [3.8, 4) is 0 Å². The van der Waals surface area contributed by atoms with Crippen LogP contribution in [-0.4, -0.2) is 19.8 Å². The van der Waals surface area contributed by atoms with Gasteiger partial charge in [0, 0.05) is 12.6 Å². The van der Waals surface area contributed by atoms with Gasteiger partial charge in [0.1, 0.15) is 0 Å². The summed E-state index contributed by atoms with van der Waals surface area (Å²) >= 11 is 0. The zero-order chi connectivity index (χ0) is 14.5. The summed E-state index contributed by atoms with van der Waals surface area (Å²) in [6.45, 7) is 7.42. The van der Waals surface area contributed by atoms with Crippen molar-refractivity contribution in [3.05, 3.63) is 35.4 Å². The first-order valence-electron chi connectivity index (χ1n) is 8.02. The number of rotatable bonds is 7. The van der Waals surface area contributed by atoms with E-state index in [9.17, 15) is 0 Å². The van der Waals surface area contributed by atoms with Gasteiger partial charge < -0.3 is 10.1 Å². The second-order valence-corrected chi connectivity index (χ2v) is 6.31. The van der Waals surface area contributed by atoms with Crippen LogP contribution in [0, 0.1) is 5.92 Å². The van der Waals surface area contributed by atoms with Crippen molar-refractivity contribution in [2.75, 3.05) is 13.7 Å². The molecule has 1 unspecified atom stereocenters. The van der Waals surface area contributed by atoms with E-state index in [1.54, 1.807) is 0 Å². The molecular weight excluding hydrogens is 246 g/mol. The van der Waals surface area contributed by atoms with Crippen LogP contribution in [0.2, 0.25) is 0 Å². The summed E-state index contributed by atoms with van der Waals surface area (Å²) in [6.07, 6.45) is 4.21.